The van der Waals surface area contributed by atoms with Crippen LogP contribution in [-0.2, 0) is 18.3 Å². The average Bonchev–Trinajstić information content (AvgIpc) is 2.61. The summed E-state index contributed by atoms with van der Waals surface area (Å²) in [6.45, 7) is 3.78. The van der Waals surface area contributed by atoms with E-state index in [0.717, 1.165) is 5.56 Å². The molecule has 0 saturated heterocycles. The SMILES string of the molecule is CC(C)C(Cc1ccc2c(c1)oc(=O)n2C)C(=O)O. The van der Waals surface area contributed by atoms with Gasteiger partial charge in [-0.15, -0.1) is 0 Å². The molecule has 0 aliphatic rings. The lowest BCUT2D eigenvalue weighted by Gasteiger charge is -2.15. The topological polar surface area (TPSA) is 72.4 Å². The average molecular weight is 263 g/mol. The predicted molar refractivity (Wildman–Crippen MR) is 71.1 cm³/mol. The molecule has 0 aliphatic carbocycles. The molecule has 5 heteroatoms. The Morgan fingerprint density at radius 2 is 2.11 bits per heavy atom. The summed E-state index contributed by atoms with van der Waals surface area (Å²) in [6, 6.07) is 5.37. The largest absolute Gasteiger partial charge is 0.481 e. The molecule has 2 rings (SSSR count). The van der Waals surface area contributed by atoms with Crippen molar-refractivity contribution in [1.82, 2.24) is 4.57 Å². The molecule has 5 nitrogen and oxygen atoms in total. The first-order valence-electron chi connectivity index (χ1n) is 6.21. The van der Waals surface area contributed by atoms with E-state index in [1.165, 1.54) is 4.57 Å². The van der Waals surface area contributed by atoms with Gasteiger partial charge in [-0.25, -0.2) is 4.79 Å². The predicted octanol–water partition coefficient (Wildman–Crippen LogP) is 2.03. The molecule has 0 aliphatic heterocycles. The van der Waals surface area contributed by atoms with Crippen LogP contribution in [0.15, 0.2) is 27.4 Å². The van der Waals surface area contributed by atoms with Crippen LogP contribution in [0.2, 0.25) is 0 Å². The summed E-state index contributed by atoms with van der Waals surface area (Å²) in [7, 11) is 1.64. The number of nitrogens with zero attached hydrogens (tertiary/aromatic N) is 1. The molecule has 0 saturated carbocycles. The summed E-state index contributed by atoms with van der Waals surface area (Å²) < 4.78 is 6.53. The van der Waals surface area contributed by atoms with Gasteiger partial charge in [0.1, 0.15) is 0 Å². The number of hydrogen-bond donors (Lipinski definition) is 1. The Balaban J connectivity index is 2.36. The maximum Gasteiger partial charge on any atom is 0.419 e. The van der Waals surface area contributed by atoms with Gasteiger partial charge in [0, 0.05) is 7.05 Å². The second kappa shape index (κ2) is 4.91. The van der Waals surface area contributed by atoms with Gasteiger partial charge in [0.25, 0.3) is 0 Å². The molecule has 0 amide bonds. The molecule has 1 unspecified atom stereocenters. The Bertz CT molecular complexity index is 666. The number of aliphatic carboxylic acids is 1. The molecule has 2 aromatic rings. The van der Waals surface area contributed by atoms with Crippen molar-refractivity contribution in [3.63, 3.8) is 0 Å². The first kappa shape index (κ1) is 13.4. The molecular weight excluding hydrogens is 246 g/mol. The molecule has 0 fully saturated rings. The summed E-state index contributed by atoms with van der Waals surface area (Å²) in [4.78, 5) is 22.6. The lowest BCUT2D eigenvalue weighted by atomic mass is 9.89. The minimum atomic E-state index is -0.801. The van der Waals surface area contributed by atoms with Crippen LogP contribution in [-0.4, -0.2) is 15.6 Å². The zero-order valence-corrected chi connectivity index (χ0v) is 11.2. The van der Waals surface area contributed by atoms with Crippen LogP contribution in [0, 0.1) is 11.8 Å². The highest BCUT2D eigenvalue weighted by Crippen LogP contribution is 2.21. The van der Waals surface area contributed by atoms with E-state index in [1.807, 2.05) is 19.9 Å². The summed E-state index contributed by atoms with van der Waals surface area (Å²) in [5, 5.41) is 9.19. The molecule has 0 bridgehead atoms. The number of benzene rings is 1. The van der Waals surface area contributed by atoms with Gasteiger partial charge in [-0.05, 0) is 30.0 Å². The maximum atomic E-state index is 11.4. The smallest absolute Gasteiger partial charge is 0.419 e. The monoisotopic (exact) mass is 263 g/mol. The first-order chi connectivity index (χ1) is 8.90. The molecule has 1 heterocycles. The fourth-order valence-electron chi connectivity index (χ4n) is 2.17. The highest BCUT2D eigenvalue weighted by atomic mass is 16.4. The third-order valence-electron chi connectivity index (χ3n) is 3.43. The number of aromatic nitrogens is 1. The van der Waals surface area contributed by atoms with E-state index < -0.39 is 17.6 Å². The van der Waals surface area contributed by atoms with Crippen LogP contribution >= 0.6 is 0 Å². The van der Waals surface area contributed by atoms with Crippen molar-refractivity contribution in [1.29, 1.82) is 0 Å². The summed E-state index contributed by atoms with van der Waals surface area (Å²) >= 11 is 0. The van der Waals surface area contributed by atoms with E-state index in [9.17, 15) is 14.7 Å². The number of rotatable bonds is 4. The Labute approximate surface area is 110 Å². The molecule has 0 spiro atoms. The van der Waals surface area contributed by atoms with Crippen LogP contribution in [0.3, 0.4) is 0 Å². The Hall–Kier alpha value is -2.04. The number of aryl methyl sites for hydroxylation is 1. The molecule has 0 radical (unpaired) electrons. The van der Waals surface area contributed by atoms with Gasteiger partial charge in [0.15, 0.2) is 5.58 Å². The quantitative estimate of drug-likeness (QED) is 0.916. The normalized spacial score (nSPS) is 13.1. The molecule has 1 atom stereocenters. The fraction of sp³-hybridized carbons (Fsp3) is 0.429. The van der Waals surface area contributed by atoms with Crippen molar-refractivity contribution in [2.75, 3.05) is 0 Å². The fourth-order valence-corrected chi connectivity index (χ4v) is 2.17. The van der Waals surface area contributed by atoms with Crippen LogP contribution < -0.4 is 5.76 Å². The summed E-state index contributed by atoms with van der Waals surface area (Å²) in [5.41, 5.74) is 2.08. The molecule has 1 aromatic heterocycles. The third kappa shape index (κ3) is 2.54. The Morgan fingerprint density at radius 3 is 2.68 bits per heavy atom. The van der Waals surface area contributed by atoms with Gasteiger partial charge in [-0.3, -0.25) is 9.36 Å². The molecular formula is C14H17NO4. The van der Waals surface area contributed by atoms with E-state index in [1.54, 1.807) is 19.2 Å². The van der Waals surface area contributed by atoms with Gasteiger partial charge in [0.05, 0.1) is 11.4 Å². The Morgan fingerprint density at radius 1 is 1.42 bits per heavy atom. The zero-order valence-electron chi connectivity index (χ0n) is 11.2. The highest BCUT2D eigenvalue weighted by Gasteiger charge is 2.22. The lowest BCUT2D eigenvalue weighted by Crippen LogP contribution is -2.22. The van der Waals surface area contributed by atoms with Crippen molar-refractivity contribution in [3.05, 3.63) is 34.3 Å². The van der Waals surface area contributed by atoms with Gasteiger partial charge in [0.2, 0.25) is 0 Å². The molecule has 1 N–H and O–H groups in total. The maximum absolute atomic E-state index is 11.4. The molecule has 1 aromatic carbocycles. The number of oxazole rings is 1. The van der Waals surface area contributed by atoms with Crippen molar-refractivity contribution in [3.8, 4) is 0 Å². The zero-order chi connectivity index (χ0) is 14.2. The van der Waals surface area contributed by atoms with E-state index in [0.29, 0.717) is 17.5 Å². The van der Waals surface area contributed by atoms with Gasteiger partial charge >= 0.3 is 11.7 Å². The van der Waals surface area contributed by atoms with Gasteiger partial charge < -0.3 is 9.52 Å². The van der Waals surface area contributed by atoms with E-state index in [-0.39, 0.29) is 5.92 Å². The van der Waals surface area contributed by atoms with Crippen molar-refractivity contribution >= 4 is 17.1 Å². The molecule has 19 heavy (non-hydrogen) atoms. The lowest BCUT2D eigenvalue weighted by molar-refractivity contribution is -0.143. The van der Waals surface area contributed by atoms with Gasteiger partial charge in [-0.2, -0.15) is 0 Å². The Kier molecular flexibility index (Phi) is 3.46. The van der Waals surface area contributed by atoms with Crippen molar-refractivity contribution < 1.29 is 14.3 Å². The van der Waals surface area contributed by atoms with Crippen molar-refractivity contribution in [2.24, 2.45) is 18.9 Å². The second-order valence-corrected chi connectivity index (χ2v) is 5.12. The summed E-state index contributed by atoms with van der Waals surface area (Å²) in [6.07, 6.45) is 0.432. The standard InChI is InChI=1S/C14H17NO4/c1-8(2)10(13(16)17)6-9-4-5-11-12(7-9)19-14(18)15(11)3/h4-5,7-8,10H,6H2,1-3H3,(H,16,17). The number of carbonyl (C=O) groups is 1. The van der Waals surface area contributed by atoms with Crippen LogP contribution in [0.1, 0.15) is 19.4 Å². The number of carboxylic acid groups (broad SMARTS) is 1. The van der Waals surface area contributed by atoms with Crippen molar-refractivity contribution in [2.45, 2.75) is 20.3 Å². The van der Waals surface area contributed by atoms with Crippen LogP contribution in [0.4, 0.5) is 0 Å². The minimum Gasteiger partial charge on any atom is -0.481 e. The van der Waals surface area contributed by atoms with E-state index >= 15 is 0 Å². The number of fused-ring (bicyclic) bond motifs is 1. The van der Waals surface area contributed by atoms with Crippen LogP contribution in [0.5, 0.6) is 0 Å². The van der Waals surface area contributed by atoms with E-state index in [4.69, 9.17) is 4.42 Å². The van der Waals surface area contributed by atoms with Gasteiger partial charge in [-0.1, -0.05) is 19.9 Å². The third-order valence-corrected chi connectivity index (χ3v) is 3.43. The number of carboxylic acids is 1. The summed E-state index contributed by atoms with van der Waals surface area (Å²) in [5.74, 6) is -1.60. The highest BCUT2D eigenvalue weighted by molar-refractivity contribution is 5.74. The second-order valence-electron chi connectivity index (χ2n) is 5.12. The molecule has 102 valence electrons. The van der Waals surface area contributed by atoms with E-state index in [2.05, 4.69) is 0 Å². The first-order valence-corrected chi connectivity index (χ1v) is 6.21. The van der Waals surface area contributed by atoms with Crippen LogP contribution in [0.25, 0.3) is 11.1 Å². The number of hydrogen-bond acceptors (Lipinski definition) is 3. The minimum absolute atomic E-state index is 0.0518.